The van der Waals surface area contributed by atoms with E-state index < -0.39 is 20.8 Å². The van der Waals surface area contributed by atoms with E-state index in [9.17, 15) is 17.2 Å². The van der Waals surface area contributed by atoms with Crippen molar-refractivity contribution in [2.45, 2.75) is 86.4 Å². The number of fused-ring (bicyclic) bond motifs is 2. The fourth-order valence-corrected chi connectivity index (χ4v) is 68.7. The molecule has 58 heavy (non-hydrogen) atoms. The molecule has 6 aromatic carbocycles. The molecule has 2 aliphatic rings. The van der Waals surface area contributed by atoms with Gasteiger partial charge in [-0.1, -0.05) is 0 Å². The third-order valence-corrected chi connectivity index (χ3v) is 61.9. The SMILES string of the molecule is CCC1=Cc2c(-c3ccc(C(C)(C)C)cc3)cccc2[CH]1[Hf]([Cl])([Cl])([CH]1C(CC)=Cc2c(-c3ccc(C(C)(C)C)cc3)cccc21)[P](c1ccccc1)c1ccccc1. The number of allylic oxidation sites excluding steroid dienone is 2. The molecular weight excluding hydrogens is 929 g/mol. The van der Waals surface area contributed by atoms with Crippen molar-refractivity contribution in [3.8, 4) is 22.3 Å². The van der Waals surface area contributed by atoms with Crippen LogP contribution in [-0.2, 0) is 26.4 Å². The van der Waals surface area contributed by atoms with Crippen molar-refractivity contribution < 1.29 is 15.6 Å². The molecule has 2 unspecified atom stereocenters. The van der Waals surface area contributed by atoms with Crippen LogP contribution in [0.3, 0.4) is 0 Å². The monoisotopic (exact) mass is 985 g/mol. The topological polar surface area (TPSA) is 0 Å². The van der Waals surface area contributed by atoms with Gasteiger partial charge in [0.25, 0.3) is 0 Å². The van der Waals surface area contributed by atoms with Gasteiger partial charge in [-0.3, -0.25) is 0 Å². The van der Waals surface area contributed by atoms with Crippen molar-refractivity contribution in [1.29, 1.82) is 0 Å². The summed E-state index contributed by atoms with van der Waals surface area (Å²) >= 11 is -5.75. The summed E-state index contributed by atoms with van der Waals surface area (Å²) in [5.41, 5.74) is 15.7. The zero-order valence-electron chi connectivity index (χ0n) is 35.3. The fourth-order valence-electron chi connectivity index (χ4n) is 9.78. The minimum absolute atomic E-state index is 0.0821. The third kappa shape index (κ3) is 7.11. The Balaban J connectivity index is 1.41. The first-order valence-corrected chi connectivity index (χ1v) is 40.2. The van der Waals surface area contributed by atoms with Crippen molar-refractivity contribution in [2.24, 2.45) is 0 Å². The first-order chi connectivity index (χ1) is 27.6. The van der Waals surface area contributed by atoms with E-state index in [2.05, 4.69) is 213 Å². The van der Waals surface area contributed by atoms with Crippen molar-refractivity contribution in [3.63, 3.8) is 0 Å². The Morgan fingerprint density at radius 2 is 0.828 bits per heavy atom. The average molecular weight is 985 g/mol. The van der Waals surface area contributed by atoms with Gasteiger partial charge in [0, 0.05) is 0 Å². The van der Waals surface area contributed by atoms with E-state index in [1.807, 2.05) is 0 Å². The molecule has 0 nitrogen and oxygen atoms in total. The van der Waals surface area contributed by atoms with Crippen molar-refractivity contribution in [2.75, 3.05) is 0 Å². The Hall–Kier alpha value is -3.32. The predicted octanol–water partition coefficient (Wildman–Crippen LogP) is 16.1. The molecule has 2 atom stereocenters. The molecule has 0 amide bonds. The van der Waals surface area contributed by atoms with Crippen molar-refractivity contribution in [1.82, 2.24) is 0 Å². The van der Waals surface area contributed by atoms with Gasteiger partial charge in [-0.05, 0) is 0 Å². The van der Waals surface area contributed by atoms with E-state index in [1.54, 1.807) is 0 Å². The van der Waals surface area contributed by atoms with Crippen LogP contribution in [0, 0.1) is 0 Å². The van der Waals surface area contributed by atoms with Gasteiger partial charge in [-0.15, -0.1) is 0 Å². The Morgan fingerprint density at radius 1 is 0.466 bits per heavy atom. The minimum atomic E-state index is -5.75. The summed E-state index contributed by atoms with van der Waals surface area (Å²) in [6, 6.07) is 54.4. The predicted molar refractivity (Wildman–Crippen MR) is 254 cm³/mol. The van der Waals surface area contributed by atoms with E-state index in [4.69, 9.17) is 0 Å². The molecule has 295 valence electrons. The Labute approximate surface area is 356 Å². The maximum atomic E-state index is 9.32. The molecule has 2 aliphatic carbocycles. The molecule has 0 spiro atoms. The van der Waals surface area contributed by atoms with Crippen LogP contribution in [0.5, 0.6) is 0 Å². The van der Waals surface area contributed by atoms with Crippen LogP contribution in [0.1, 0.15) is 109 Å². The Morgan fingerprint density at radius 3 is 1.16 bits per heavy atom. The van der Waals surface area contributed by atoms with Gasteiger partial charge < -0.3 is 0 Å². The molecule has 4 heteroatoms. The second kappa shape index (κ2) is 15.6. The maximum absolute atomic E-state index is 9.32. The zero-order chi connectivity index (χ0) is 41.1. The third-order valence-electron chi connectivity index (χ3n) is 12.7. The van der Waals surface area contributed by atoms with Crippen LogP contribution < -0.4 is 10.6 Å². The summed E-state index contributed by atoms with van der Waals surface area (Å²) in [6.07, 6.45) is 6.72. The van der Waals surface area contributed by atoms with Crippen LogP contribution in [0.25, 0.3) is 34.4 Å². The second-order valence-electron chi connectivity index (χ2n) is 18.4. The molecular formula is C54H56Cl2HfP. The molecule has 8 rings (SSSR count). The molecule has 6 aromatic rings. The summed E-state index contributed by atoms with van der Waals surface area (Å²) in [4.78, 5) is 0. The fraction of sp³-hybridized carbons (Fsp3) is 0.259. The van der Waals surface area contributed by atoms with Crippen molar-refractivity contribution >= 4 is 45.2 Å². The van der Waals surface area contributed by atoms with Crippen molar-refractivity contribution in [3.05, 3.63) is 190 Å². The molecule has 0 radical (unpaired) electrons. The Bertz CT molecular complexity index is 2340. The molecule has 0 bridgehead atoms. The first kappa shape index (κ1) is 41.4. The number of hydrogen-bond donors (Lipinski definition) is 0. The molecule has 0 heterocycles. The van der Waals surface area contributed by atoms with Crippen LogP contribution in [0.15, 0.2) is 157 Å². The second-order valence-corrected chi connectivity index (χ2v) is 64.1. The molecule has 0 aromatic heterocycles. The average Bonchev–Trinajstić information content (AvgIpc) is 3.82. The molecule has 0 fully saturated rings. The van der Waals surface area contributed by atoms with Gasteiger partial charge in [-0.25, -0.2) is 0 Å². The van der Waals surface area contributed by atoms with Crippen LogP contribution in [0.2, 0.25) is 0 Å². The molecule has 0 N–H and O–H groups in total. The van der Waals surface area contributed by atoms with Gasteiger partial charge in [0.05, 0.1) is 0 Å². The summed E-state index contributed by atoms with van der Waals surface area (Å²) < 4.78 is -0.164. The Kier molecular flexibility index (Phi) is 11.1. The number of benzene rings is 6. The molecule has 0 saturated carbocycles. The zero-order valence-corrected chi connectivity index (χ0v) is 41.3. The summed E-state index contributed by atoms with van der Waals surface area (Å²) in [5.74, 6) is 0. The van der Waals surface area contributed by atoms with E-state index in [0.29, 0.717) is 0 Å². The normalized spacial score (nSPS) is 17.3. The van der Waals surface area contributed by atoms with Crippen LogP contribution >= 0.6 is 22.4 Å². The standard InChI is InChI=1S/2C21H23.C12H10P.2ClH.Hf/c2*1-5-15-13-17-7-6-8-19(20(17)14-15)16-9-11-18(12-10-16)21(2,3)4;1-3-7-11(8-4-1)13-12-9-5-2-6-10-12;;;/h2*6-14H,5H2,1-4H3;1-10H;2*1H;/q;;-1;;;+3/p-2. The summed E-state index contributed by atoms with van der Waals surface area (Å²) in [6.45, 7) is 18.3. The first-order valence-electron chi connectivity index (χ1n) is 21.0. The van der Waals surface area contributed by atoms with E-state index in [0.717, 1.165) is 12.8 Å². The van der Waals surface area contributed by atoms with Crippen LogP contribution in [0.4, 0.5) is 0 Å². The summed E-state index contributed by atoms with van der Waals surface area (Å²) in [7, 11) is 18.6. The van der Waals surface area contributed by atoms with Crippen LogP contribution in [-0.4, -0.2) is 0 Å². The number of halogens is 2. The van der Waals surface area contributed by atoms with Gasteiger partial charge >= 0.3 is 360 Å². The number of hydrogen-bond acceptors (Lipinski definition) is 0. The quantitative estimate of drug-likeness (QED) is 0.100. The van der Waals surface area contributed by atoms with Gasteiger partial charge in [0.2, 0.25) is 0 Å². The van der Waals surface area contributed by atoms with Gasteiger partial charge in [0.1, 0.15) is 0 Å². The van der Waals surface area contributed by atoms with Gasteiger partial charge in [0.15, 0.2) is 0 Å². The number of rotatable bonds is 9. The van der Waals surface area contributed by atoms with Gasteiger partial charge in [-0.2, -0.15) is 0 Å². The molecule has 0 saturated heterocycles. The van der Waals surface area contributed by atoms with E-state index in [-0.39, 0.29) is 18.2 Å². The van der Waals surface area contributed by atoms with E-state index in [1.165, 1.54) is 77.4 Å². The summed E-state index contributed by atoms with van der Waals surface area (Å²) in [5, 5.41) is 1.32. The van der Waals surface area contributed by atoms with E-state index >= 15 is 0 Å². The molecule has 0 aliphatic heterocycles.